The number of hydrogen-bond donors (Lipinski definition) is 2. The van der Waals surface area contributed by atoms with Gasteiger partial charge in [0.15, 0.2) is 0 Å². The van der Waals surface area contributed by atoms with Crippen molar-refractivity contribution in [2.45, 2.75) is 38.3 Å². The van der Waals surface area contributed by atoms with E-state index in [0.717, 1.165) is 37.3 Å². The molecule has 1 atom stereocenters. The standard InChI is InChI=1S/C20H31N3O3/c21-19(17-7-12-25-13-8-17)20(24)22-15-16-3-5-18(6-4-16)26-14-11-23-9-1-2-10-23/h3-6,17,19H,1-2,7-15,21H2,(H,22,24). The second-order valence-electron chi connectivity index (χ2n) is 7.23. The first-order valence-corrected chi connectivity index (χ1v) is 9.77. The first-order chi connectivity index (χ1) is 12.7. The van der Waals surface area contributed by atoms with Crippen molar-refractivity contribution in [3.8, 4) is 5.75 Å². The van der Waals surface area contributed by atoms with Gasteiger partial charge in [0.2, 0.25) is 5.91 Å². The summed E-state index contributed by atoms with van der Waals surface area (Å²) in [7, 11) is 0. The lowest BCUT2D eigenvalue weighted by atomic mass is 9.92. The summed E-state index contributed by atoms with van der Waals surface area (Å²) >= 11 is 0. The zero-order valence-corrected chi connectivity index (χ0v) is 15.5. The lowest BCUT2D eigenvalue weighted by Gasteiger charge is -2.26. The van der Waals surface area contributed by atoms with Gasteiger partial charge in [0.05, 0.1) is 6.04 Å². The maximum absolute atomic E-state index is 12.2. The normalized spacial score (nSPS) is 20.0. The summed E-state index contributed by atoms with van der Waals surface area (Å²) < 4.78 is 11.1. The zero-order valence-electron chi connectivity index (χ0n) is 15.5. The molecule has 2 fully saturated rings. The van der Waals surface area contributed by atoms with Gasteiger partial charge in [-0.15, -0.1) is 0 Å². The molecule has 0 aromatic heterocycles. The van der Waals surface area contributed by atoms with Crippen LogP contribution >= 0.6 is 0 Å². The molecule has 6 heteroatoms. The Hall–Kier alpha value is -1.63. The highest BCUT2D eigenvalue weighted by Gasteiger charge is 2.26. The van der Waals surface area contributed by atoms with E-state index in [2.05, 4.69) is 10.2 Å². The highest BCUT2D eigenvalue weighted by atomic mass is 16.5. The molecule has 1 unspecified atom stereocenters. The van der Waals surface area contributed by atoms with E-state index in [1.54, 1.807) is 0 Å². The highest BCUT2D eigenvalue weighted by molar-refractivity contribution is 5.81. The molecule has 144 valence electrons. The van der Waals surface area contributed by atoms with E-state index >= 15 is 0 Å². The van der Waals surface area contributed by atoms with Crippen LogP contribution in [0.25, 0.3) is 0 Å². The first-order valence-electron chi connectivity index (χ1n) is 9.77. The molecule has 6 nitrogen and oxygen atoms in total. The molecule has 26 heavy (non-hydrogen) atoms. The van der Waals surface area contributed by atoms with Gasteiger partial charge in [-0.25, -0.2) is 0 Å². The van der Waals surface area contributed by atoms with Gasteiger partial charge in [-0.1, -0.05) is 12.1 Å². The van der Waals surface area contributed by atoms with Crippen molar-refractivity contribution in [1.82, 2.24) is 10.2 Å². The Bertz CT molecular complexity index is 552. The van der Waals surface area contributed by atoms with Crippen LogP contribution < -0.4 is 15.8 Å². The zero-order chi connectivity index (χ0) is 18.2. The smallest absolute Gasteiger partial charge is 0.237 e. The summed E-state index contributed by atoms with van der Waals surface area (Å²) in [5.74, 6) is 1.01. The second-order valence-corrected chi connectivity index (χ2v) is 7.23. The molecular weight excluding hydrogens is 330 g/mol. The molecule has 0 bridgehead atoms. The van der Waals surface area contributed by atoms with Crippen LogP contribution in [0.3, 0.4) is 0 Å². The number of ether oxygens (including phenoxy) is 2. The molecule has 1 amide bonds. The van der Waals surface area contributed by atoms with Crippen molar-refractivity contribution in [2.24, 2.45) is 11.7 Å². The minimum Gasteiger partial charge on any atom is -0.492 e. The molecule has 2 heterocycles. The van der Waals surface area contributed by atoms with Crippen molar-refractivity contribution in [1.29, 1.82) is 0 Å². The van der Waals surface area contributed by atoms with Crippen LogP contribution in [-0.2, 0) is 16.1 Å². The summed E-state index contributed by atoms with van der Waals surface area (Å²) in [5.41, 5.74) is 7.14. The van der Waals surface area contributed by atoms with Gasteiger partial charge in [0, 0.05) is 26.3 Å². The van der Waals surface area contributed by atoms with Crippen molar-refractivity contribution in [3.05, 3.63) is 29.8 Å². The number of hydrogen-bond acceptors (Lipinski definition) is 5. The predicted octanol–water partition coefficient (Wildman–Crippen LogP) is 1.53. The fourth-order valence-corrected chi connectivity index (χ4v) is 3.60. The average molecular weight is 361 g/mol. The van der Waals surface area contributed by atoms with Crippen molar-refractivity contribution >= 4 is 5.91 Å². The molecule has 0 spiro atoms. The van der Waals surface area contributed by atoms with Gasteiger partial charge in [-0.2, -0.15) is 0 Å². The summed E-state index contributed by atoms with van der Waals surface area (Å²) in [5, 5.41) is 2.94. The first kappa shape index (κ1) is 19.1. The number of likely N-dealkylation sites (tertiary alicyclic amines) is 1. The van der Waals surface area contributed by atoms with Crippen LogP contribution in [0.1, 0.15) is 31.2 Å². The fraction of sp³-hybridized carbons (Fsp3) is 0.650. The van der Waals surface area contributed by atoms with Crippen molar-refractivity contribution < 1.29 is 14.3 Å². The predicted molar refractivity (Wildman–Crippen MR) is 101 cm³/mol. The Morgan fingerprint density at radius 2 is 1.92 bits per heavy atom. The van der Waals surface area contributed by atoms with Crippen molar-refractivity contribution in [3.63, 3.8) is 0 Å². The fourth-order valence-electron chi connectivity index (χ4n) is 3.60. The van der Waals surface area contributed by atoms with Gasteiger partial charge in [0.1, 0.15) is 12.4 Å². The molecule has 3 rings (SSSR count). The molecule has 2 aliphatic rings. The number of carbonyl (C=O) groups is 1. The summed E-state index contributed by atoms with van der Waals surface area (Å²) in [6, 6.07) is 7.46. The van der Waals surface area contributed by atoms with Gasteiger partial charge in [-0.05, 0) is 62.4 Å². The Labute approximate surface area is 156 Å². The number of nitrogens with one attached hydrogen (secondary N) is 1. The molecule has 0 radical (unpaired) electrons. The summed E-state index contributed by atoms with van der Waals surface area (Å²) in [6.07, 6.45) is 4.33. The van der Waals surface area contributed by atoms with E-state index in [0.29, 0.717) is 19.8 Å². The van der Waals surface area contributed by atoms with Gasteiger partial charge >= 0.3 is 0 Å². The van der Waals surface area contributed by atoms with E-state index < -0.39 is 6.04 Å². The van der Waals surface area contributed by atoms with Crippen LogP contribution in [0.15, 0.2) is 24.3 Å². The third-order valence-electron chi connectivity index (χ3n) is 5.34. The van der Waals surface area contributed by atoms with E-state index in [1.165, 1.54) is 25.9 Å². The monoisotopic (exact) mass is 361 g/mol. The molecule has 1 aromatic rings. The van der Waals surface area contributed by atoms with E-state index in [1.807, 2.05) is 24.3 Å². The molecular formula is C20H31N3O3. The van der Waals surface area contributed by atoms with Crippen LogP contribution in [0.4, 0.5) is 0 Å². The summed E-state index contributed by atoms with van der Waals surface area (Å²) in [4.78, 5) is 14.7. The average Bonchev–Trinajstić information content (AvgIpc) is 3.21. The van der Waals surface area contributed by atoms with Crippen LogP contribution in [0.5, 0.6) is 5.75 Å². The van der Waals surface area contributed by atoms with E-state index in [4.69, 9.17) is 15.2 Å². The Morgan fingerprint density at radius 3 is 2.62 bits per heavy atom. The lowest BCUT2D eigenvalue weighted by Crippen LogP contribution is -2.46. The molecule has 3 N–H and O–H groups in total. The van der Waals surface area contributed by atoms with Crippen LogP contribution in [-0.4, -0.2) is 56.3 Å². The Kier molecular flexibility index (Phi) is 7.29. The number of nitrogens with two attached hydrogens (primary N) is 1. The Morgan fingerprint density at radius 1 is 1.23 bits per heavy atom. The second kappa shape index (κ2) is 9.90. The van der Waals surface area contributed by atoms with Crippen LogP contribution in [0.2, 0.25) is 0 Å². The molecule has 0 saturated carbocycles. The minimum atomic E-state index is -0.452. The topological polar surface area (TPSA) is 76.8 Å². The van der Waals surface area contributed by atoms with Gasteiger partial charge < -0.3 is 20.5 Å². The SMILES string of the molecule is NC(C(=O)NCc1ccc(OCCN2CCCC2)cc1)C1CCOCC1. The molecule has 0 aliphatic carbocycles. The highest BCUT2D eigenvalue weighted by Crippen LogP contribution is 2.18. The minimum absolute atomic E-state index is 0.0807. The van der Waals surface area contributed by atoms with Gasteiger partial charge in [-0.3, -0.25) is 9.69 Å². The quantitative estimate of drug-likeness (QED) is 0.734. The summed E-state index contributed by atoms with van der Waals surface area (Å²) in [6.45, 7) is 5.98. The van der Waals surface area contributed by atoms with E-state index in [-0.39, 0.29) is 11.8 Å². The largest absolute Gasteiger partial charge is 0.492 e. The lowest BCUT2D eigenvalue weighted by molar-refractivity contribution is -0.124. The number of rotatable bonds is 8. The molecule has 1 aromatic carbocycles. The number of amides is 1. The molecule has 2 saturated heterocycles. The maximum atomic E-state index is 12.2. The molecule has 2 aliphatic heterocycles. The number of carbonyl (C=O) groups excluding carboxylic acids is 1. The van der Waals surface area contributed by atoms with Gasteiger partial charge in [0.25, 0.3) is 0 Å². The maximum Gasteiger partial charge on any atom is 0.237 e. The van der Waals surface area contributed by atoms with E-state index in [9.17, 15) is 4.79 Å². The third-order valence-corrected chi connectivity index (χ3v) is 5.34. The number of nitrogens with zero attached hydrogens (tertiary/aromatic N) is 1. The van der Waals surface area contributed by atoms with Crippen molar-refractivity contribution in [2.75, 3.05) is 39.5 Å². The third kappa shape index (κ3) is 5.69. The Balaban J connectivity index is 1.37. The number of benzene rings is 1. The van der Waals surface area contributed by atoms with Crippen LogP contribution in [0, 0.1) is 5.92 Å².